The van der Waals surface area contributed by atoms with E-state index in [1.54, 1.807) is 12.4 Å². The van der Waals surface area contributed by atoms with Gasteiger partial charge in [0.15, 0.2) is 5.11 Å². The maximum Gasteiger partial charge on any atom is 0.184 e. The van der Waals surface area contributed by atoms with Crippen LogP contribution in [0.1, 0.15) is 12.5 Å². The van der Waals surface area contributed by atoms with Gasteiger partial charge in [0.25, 0.3) is 0 Å². The van der Waals surface area contributed by atoms with Crippen LogP contribution in [0.25, 0.3) is 0 Å². The maximum atomic E-state index is 5.22. The third-order valence-electron chi connectivity index (χ3n) is 1.43. The van der Waals surface area contributed by atoms with Gasteiger partial charge in [0, 0.05) is 18.0 Å². The van der Waals surface area contributed by atoms with Crippen molar-refractivity contribution in [2.45, 2.75) is 6.92 Å². The fourth-order valence-electron chi connectivity index (χ4n) is 0.797. The van der Waals surface area contributed by atoms with Crippen LogP contribution < -0.4 is 11.2 Å². The monoisotopic (exact) mass is 230 g/mol. The molecule has 0 fully saturated rings. The number of pyridine rings is 1. The second-order valence-corrected chi connectivity index (χ2v) is 2.85. The van der Waals surface area contributed by atoms with Crippen molar-refractivity contribution in [2.75, 3.05) is 0 Å². The molecule has 1 aromatic heterocycles. The molecule has 3 N–H and O–H groups in total. The summed E-state index contributed by atoms with van der Waals surface area (Å²) in [5.74, 6) is 0. The van der Waals surface area contributed by atoms with Crippen molar-refractivity contribution in [1.82, 2.24) is 10.4 Å². The summed E-state index contributed by atoms with van der Waals surface area (Å²) in [6, 6.07) is 3.72. The molecular weight excluding hydrogens is 220 g/mol. The highest BCUT2D eigenvalue weighted by molar-refractivity contribution is 7.80. The fraction of sp³-hybridized carbons (Fsp3) is 0.125. The quantitative estimate of drug-likeness (QED) is 0.453. The Morgan fingerprint density at radius 1 is 1.50 bits per heavy atom. The third-order valence-corrected chi connectivity index (χ3v) is 1.52. The van der Waals surface area contributed by atoms with Crippen LogP contribution in [0.3, 0.4) is 0 Å². The molecule has 0 bridgehead atoms. The van der Waals surface area contributed by atoms with Gasteiger partial charge in [-0.1, -0.05) is 0 Å². The number of nitrogens with two attached hydrogens (primary N) is 1. The highest BCUT2D eigenvalue weighted by Crippen LogP contribution is 1.97. The van der Waals surface area contributed by atoms with Gasteiger partial charge in [-0.05, 0) is 31.3 Å². The Bertz CT molecular complexity index is 325. The Balaban J connectivity index is 0.00000169. The molecule has 4 nitrogen and oxygen atoms in total. The Morgan fingerprint density at radius 3 is 2.57 bits per heavy atom. The molecule has 0 aromatic carbocycles. The molecule has 0 aliphatic carbocycles. The molecule has 0 saturated carbocycles. The van der Waals surface area contributed by atoms with Crippen molar-refractivity contribution in [1.29, 1.82) is 0 Å². The van der Waals surface area contributed by atoms with Gasteiger partial charge in [-0.25, -0.2) is 0 Å². The average molecular weight is 231 g/mol. The van der Waals surface area contributed by atoms with Crippen LogP contribution in [0.2, 0.25) is 0 Å². The van der Waals surface area contributed by atoms with E-state index in [2.05, 4.69) is 27.7 Å². The van der Waals surface area contributed by atoms with E-state index in [-0.39, 0.29) is 17.5 Å². The molecule has 0 spiro atoms. The largest absolute Gasteiger partial charge is 0.375 e. The van der Waals surface area contributed by atoms with Crippen molar-refractivity contribution < 1.29 is 0 Å². The average Bonchev–Trinajstić information content (AvgIpc) is 2.15. The summed E-state index contributed by atoms with van der Waals surface area (Å²) in [6.07, 6.45) is 3.41. The summed E-state index contributed by atoms with van der Waals surface area (Å²) in [5, 5.41) is 4.13. The molecule has 0 saturated heterocycles. The molecule has 0 unspecified atom stereocenters. The van der Waals surface area contributed by atoms with Crippen molar-refractivity contribution in [3.05, 3.63) is 30.1 Å². The van der Waals surface area contributed by atoms with E-state index < -0.39 is 0 Å². The van der Waals surface area contributed by atoms with Crippen LogP contribution in [0.15, 0.2) is 29.6 Å². The number of hydrogen-bond donors (Lipinski definition) is 2. The maximum absolute atomic E-state index is 5.22. The predicted octanol–water partition coefficient (Wildman–Crippen LogP) is 1.06. The number of nitrogens with one attached hydrogen (secondary N) is 1. The minimum Gasteiger partial charge on any atom is -0.375 e. The Labute approximate surface area is 94.0 Å². The van der Waals surface area contributed by atoms with Crippen molar-refractivity contribution in [3.63, 3.8) is 0 Å². The lowest BCUT2D eigenvalue weighted by molar-refractivity contribution is 1.03. The molecular formula is C8H11ClN4S. The minimum atomic E-state index is 0. The van der Waals surface area contributed by atoms with Gasteiger partial charge in [-0.2, -0.15) is 5.10 Å². The zero-order chi connectivity index (χ0) is 9.68. The first-order chi connectivity index (χ1) is 6.20. The Hall–Kier alpha value is -1.20. The Kier molecular flexibility index (Phi) is 5.74. The number of hydrazone groups is 1. The van der Waals surface area contributed by atoms with Gasteiger partial charge in [-0.15, -0.1) is 12.4 Å². The zero-order valence-corrected chi connectivity index (χ0v) is 9.23. The molecule has 76 valence electrons. The lowest BCUT2D eigenvalue weighted by atomic mass is 10.2. The number of thiocarbonyl (C=S) groups is 1. The fourth-order valence-corrected chi connectivity index (χ4v) is 0.842. The lowest BCUT2D eigenvalue weighted by Crippen LogP contribution is -2.25. The van der Waals surface area contributed by atoms with Gasteiger partial charge >= 0.3 is 0 Å². The summed E-state index contributed by atoms with van der Waals surface area (Å²) in [7, 11) is 0. The smallest absolute Gasteiger partial charge is 0.184 e. The van der Waals surface area contributed by atoms with Gasteiger partial charge in [0.1, 0.15) is 0 Å². The normalized spacial score (nSPS) is 10.2. The molecule has 0 aliphatic rings. The standard InChI is InChI=1S/C8H10N4S.ClH/c1-6(11-12-8(9)13)7-2-4-10-5-3-7;/h2-5H,1H3,(H3,9,12,13);1H. The summed E-state index contributed by atoms with van der Waals surface area (Å²) < 4.78 is 0. The molecule has 0 atom stereocenters. The van der Waals surface area contributed by atoms with E-state index >= 15 is 0 Å². The lowest BCUT2D eigenvalue weighted by Gasteiger charge is -2.00. The van der Waals surface area contributed by atoms with Crippen LogP contribution in [0, 0.1) is 0 Å². The summed E-state index contributed by atoms with van der Waals surface area (Å²) >= 11 is 4.61. The summed E-state index contributed by atoms with van der Waals surface area (Å²) in [4.78, 5) is 3.90. The second-order valence-electron chi connectivity index (χ2n) is 2.41. The topological polar surface area (TPSA) is 63.3 Å². The summed E-state index contributed by atoms with van der Waals surface area (Å²) in [6.45, 7) is 1.86. The zero-order valence-electron chi connectivity index (χ0n) is 7.60. The highest BCUT2D eigenvalue weighted by Gasteiger charge is 1.94. The van der Waals surface area contributed by atoms with Crippen molar-refractivity contribution in [2.24, 2.45) is 10.8 Å². The number of hydrogen-bond acceptors (Lipinski definition) is 3. The van der Waals surface area contributed by atoms with Gasteiger partial charge in [-0.3, -0.25) is 10.4 Å². The molecule has 1 heterocycles. The number of aromatic nitrogens is 1. The molecule has 6 heteroatoms. The van der Waals surface area contributed by atoms with Crippen molar-refractivity contribution >= 4 is 35.4 Å². The first kappa shape index (κ1) is 12.8. The first-order valence-electron chi connectivity index (χ1n) is 3.70. The van der Waals surface area contributed by atoms with E-state index in [1.165, 1.54) is 0 Å². The Morgan fingerprint density at radius 2 is 2.07 bits per heavy atom. The predicted molar refractivity (Wildman–Crippen MR) is 63.6 cm³/mol. The minimum absolute atomic E-state index is 0. The van der Waals surface area contributed by atoms with Crippen LogP contribution in [0.5, 0.6) is 0 Å². The van der Waals surface area contributed by atoms with E-state index in [9.17, 15) is 0 Å². The van der Waals surface area contributed by atoms with Crippen molar-refractivity contribution in [3.8, 4) is 0 Å². The molecule has 14 heavy (non-hydrogen) atoms. The van der Waals surface area contributed by atoms with Gasteiger partial charge in [0.2, 0.25) is 0 Å². The van der Waals surface area contributed by atoms with E-state index in [0.717, 1.165) is 11.3 Å². The van der Waals surface area contributed by atoms with Gasteiger partial charge < -0.3 is 5.73 Å². The second kappa shape index (κ2) is 6.28. The first-order valence-corrected chi connectivity index (χ1v) is 4.11. The van der Waals surface area contributed by atoms with Gasteiger partial charge in [0.05, 0.1) is 5.71 Å². The highest BCUT2D eigenvalue weighted by atomic mass is 35.5. The summed E-state index contributed by atoms with van der Waals surface area (Å²) in [5.41, 5.74) is 9.54. The van der Waals surface area contributed by atoms with Crippen LogP contribution >= 0.6 is 24.6 Å². The van der Waals surface area contributed by atoms with Crippen LogP contribution in [0.4, 0.5) is 0 Å². The molecule has 1 rings (SSSR count). The molecule has 1 aromatic rings. The van der Waals surface area contributed by atoms with E-state index in [1.807, 2.05) is 19.1 Å². The number of halogens is 1. The van der Waals surface area contributed by atoms with E-state index in [0.29, 0.717) is 0 Å². The molecule has 0 radical (unpaired) electrons. The number of nitrogens with zero attached hydrogens (tertiary/aromatic N) is 2. The van der Waals surface area contributed by atoms with Crippen LogP contribution in [-0.2, 0) is 0 Å². The molecule has 0 amide bonds. The van der Waals surface area contributed by atoms with E-state index in [4.69, 9.17) is 5.73 Å². The molecule has 0 aliphatic heterocycles. The van der Waals surface area contributed by atoms with Crippen LogP contribution in [-0.4, -0.2) is 15.8 Å². The third kappa shape index (κ3) is 4.15. The number of rotatable bonds is 2. The SMILES string of the molecule is CC(=NNC(N)=S)c1ccncc1.Cl.